The zero-order chi connectivity index (χ0) is 12.1. The van der Waals surface area contributed by atoms with E-state index in [0.717, 1.165) is 5.69 Å². The van der Waals surface area contributed by atoms with Crippen LogP contribution in [-0.4, -0.2) is 33.7 Å². The van der Waals surface area contributed by atoms with Gasteiger partial charge in [-0.1, -0.05) is 0 Å². The minimum absolute atomic E-state index is 0.0161. The smallest absolute Gasteiger partial charge is 0.267 e. The average Bonchev–Trinajstić information content (AvgIpc) is 2.25. The van der Waals surface area contributed by atoms with Gasteiger partial charge < -0.3 is 4.90 Å². The number of hydrogen-bond donors (Lipinski definition) is 0. The zero-order valence-corrected chi connectivity index (χ0v) is 9.93. The van der Waals surface area contributed by atoms with Crippen LogP contribution in [0.25, 0.3) is 0 Å². The second-order valence-corrected chi connectivity index (χ2v) is 3.54. The van der Waals surface area contributed by atoms with Crippen LogP contribution in [0.15, 0.2) is 16.9 Å². The number of aromatic nitrogens is 2. The van der Waals surface area contributed by atoms with Gasteiger partial charge in [0.25, 0.3) is 5.56 Å². The summed E-state index contributed by atoms with van der Waals surface area (Å²) in [6, 6.07) is 3.07. The summed E-state index contributed by atoms with van der Waals surface area (Å²) in [5, 5.41) is 4.02. The van der Waals surface area contributed by atoms with E-state index in [1.54, 1.807) is 17.9 Å². The summed E-state index contributed by atoms with van der Waals surface area (Å²) in [6.07, 6.45) is 0. The summed E-state index contributed by atoms with van der Waals surface area (Å²) < 4.78 is 1.20. The Hall–Kier alpha value is -1.65. The third-order valence-corrected chi connectivity index (χ3v) is 2.40. The molecule has 0 aromatic carbocycles. The maximum Gasteiger partial charge on any atom is 0.267 e. The highest BCUT2D eigenvalue weighted by Gasteiger charge is 2.11. The molecule has 0 saturated heterocycles. The van der Waals surface area contributed by atoms with Gasteiger partial charge in [0.2, 0.25) is 5.91 Å². The molecule has 0 bridgehead atoms. The van der Waals surface area contributed by atoms with Gasteiger partial charge in [-0.2, -0.15) is 5.10 Å². The summed E-state index contributed by atoms with van der Waals surface area (Å²) in [7, 11) is 0. The fraction of sp³-hybridized carbons (Fsp3) is 0.545. The molecule has 16 heavy (non-hydrogen) atoms. The summed E-state index contributed by atoms with van der Waals surface area (Å²) in [6.45, 7) is 6.92. The van der Waals surface area contributed by atoms with E-state index < -0.39 is 0 Å². The third kappa shape index (κ3) is 2.92. The summed E-state index contributed by atoms with van der Waals surface area (Å²) in [5.74, 6) is -0.0785. The molecule has 0 aliphatic carbocycles. The molecule has 0 saturated carbocycles. The number of nitrogens with zero attached hydrogens (tertiary/aromatic N) is 3. The molecular formula is C11H17N3O2. The van der Waals surface area contributed by atoms with Crippen LogP contribution in [0.4, 0.5) is 0 Å². The van der Waals surface area contributed by atoms with Gasteiger partial charge in [0, 0.05) is 19.2 Å². The minimum atomic E-state index is -0.244. The number of aryl methyl sites for hydroxylation is 1. The van der Waals surface area contributed by atoms with Crippen LogP contribution < -0.4 is 5.56 Å². The Bertz CT molecular complexity index is 421. The Morgan fingerprint density at radius 3 is 2.56 bits per heavy atom. The van der Waals surface area contributed by atoms with Crippen LogP contribution in [-0.2, 0) is 11.3 Å². The van der Waals surface area contributed by atoms with Crippen molar-refractivity contribution in [3.05, 3.63) is 28.2 Å². The van der Waals surface area contributed by atoms with Crippen molar-refractivity contribution in [3.8, 4) is 0 Å². The van der Waals surface area contributed by atoms with Gasteiger partial charge in [0.1, 0.15) is 6.54 Å². The monoisotopic (exact) mass is 223 g/mol. The van der Waals surface area contributed by atoms with Crippen molar-refractivity contribution < 1.29 is 4.79 Å². The molecule has 0 unspecified atom stereocenters. The number of amides is 1. The largest absolute Gasteiger partial charge is 0.342 e. The molecule has 0 spiro atoms. The van der Waals surface area contributed by atoms with Crippen molar-refractivity contribution in [3.63, 3.8) is 0 Å². The average molecular weight is 223 g/mol. The van der Waals surface area contributed by atoms with Crippen LogP contribution >= 0.6 is 0 Å². The van der Waals surface area contributed by atoms with Gasteiger partial charge in [-0.3, -0.25) is 9.59 Å². The fourth-order valence-corrected chi connectivity index (χ4v) is 1.47. The van der Waals surface area contributed by atoms with E-state index in [-0.39, 0.29) is 18.0 Å². The molecule has 0 N–H and O–H groups in total. The minimum Gasteiger partial charge on any atom is -0.342 e. The van der Waals surface area contributed by atoms with Gasteiger partial charge >= 0.3 is 0 Å². The van der Waals surface area contributed by atoms with E-state index in [1.807, 2.05) is 13.8 Å². The Morgan fingerprint density at radius 1 is 1.38 bits per heavy atom. The van der Waals surface area contributed by atoms with E-state index in [0.29, 0.717) is 13.1 Å². The zero-order valence-electron chi connectivity index (χ0n) is 9.93. The van der Waals surface area contributed by atoms with E-state index >= 15 is 0 Å². The number of rotatable bonds is 4. The first-order valence-electron chi connectivity index (χ1n) is 5.41. The molecule has 0 atom stereocenters. The number of hydrogen-bond acceptors (Lipinski definition) is 3. The van der Waals surface area contributed by atoms with Crippen LogP contribution in [0, 0.1) is 6.92 Å². The lowest BCUT2D eigenvalue weighted by molar-refractivity contribution is -0.131. The molecule has 1 aromatic heterocycles. The van der Waals surface area contributed by atoms with E-state index in [1.165, 1.54) is 10.7 Å². The first-order chi connectivity index (χ1) is 7.58. The first kappa shape index (κ1) is 12.4. The lowest BCUT2D eigenvalue weighted by atomic mass is 10.4. The van der Waals surface area contributed by atoms with Crippen LogP contribution in [0.5, 0.6) is 0 Å². The van der Waals surface area contributed by atoms with Crippen LogP contribution in [0.1, 0.15) is 19.5 Å². The van der Waals surface area contributed by atoms with Gasteiger partial charge in [-0.15, -0.1) is 0 Å². The predicted octanol–water partition coefficient (Wildman–Crippen LogP) is 0.420. The topological polar surface area (TPSA) is 55.2 Å². The molecule has 1 heterocycles. The second-order valence-electron chi connectivity index (χ2n) is 3.54. The maximum absolute atomic E-state index is 11.8. The molecule has 0 aliphatic rings. The lowest BCUT2D eigenvalue weighted by Crippen LogP contribution is -2.37. The lowest BCUT2D eigenvalue weighted by Gasteiger charge is -2.18. The highest BCUT2D eigenvalue weighted by atomic mass is 16.2. The van der Waals surface area contributed by atoms with E-state index in [4.69, 9.17) is 0 Å². The maximum atomic E-state index is 11.8. The van der Waals surface area contributed by atoms with Crippen molar-refractivity contribution in [1.29, 1.82) is 0 Å². The SMILES string of the molecule is CCN(CC)C(=O)Cn1nc(C)ccc1=O. The molecule has 1 aromatic rings. The quantitative estimate of drug-likeness (QED) is 0.743. The van der Waals surface area contributed by atoms with Gasteiger partial charge in [-0.25, -0.2) is 4.68 Å². The van der Waals surface area contributed by atoms with Crippen molar-refractivity contribution in [2.24, 2.45) is 0 Å². The normalized spacial score (nSPS) is 10.2. The van der Waals surface area contributed by atoms with E-state index in [9.17, 15) is 9.59 Å². The molecule has 0 aliphatic heterocycles. The molecule has 5 heteroatoms. The van der Waals surface area contributed by atoms with Gasteiger partial charge in [-0.05, 0) is 26.8 Å². The first-order valence-corrected chi connectivity index (χ1v) is 5.41. The Morgan fingerprint density at radius 2 is 2.00 bits per heavy atom. The van der Waals surface area contributed by atoms with Gasteiger partial charge in [0.15, 0.2) is 0 Å². The van der Waals surface area contributed by atoms with Crippen molar-refractivity contribution in [2.75, 3.05) is 13.1 Å². The predicted molar refractivity (Wildman–Crippen MR) is 61.2 cm³/mol. The van der Waals surface area contributed by atoms with Crippen LogP contribution in [0.3, 0.4) is 0 Å². The molecular weight excluding hydrogens is 206 g/mol. The number of likely N-dealkylation sites (N-methyl/N-ethyl adjacent to an activating group) is 1. The molecule has 0 fully saturated rings. The van der Waals surface area contributed by atoms with Gasteiger partial charge in [0.05, 0.1) is 5.69 Å². The third-order valence-electron chi connectivity index (χ3n) is 2.40. The molecule has 88 valence electrons. The fourth-order valence-electron chi connectivity index (χ4n) is 1.47. The highest BCUT2D eigenvalue weighted by molar-refractivity contribution is 5.75. The standard InChI is InChI=1S/C11H17N3O2/c1-4-13(5-2)11(16)8-14-10(15)7-6-9(3)12-14/h6-7H,4-5,8H2,1-3H3. The van der Waals surface area contributed by atoms with E-state index in [2.05, 4.69) is 5.10 Å². The molecule has 5 nitrogen and oxygen atoms in total. The van der Waals surface area contributed by atoms with Crippen molar-refractivity contribution in [1.82, 2.24) is 14.7 Å². The Balaban J connectivity index is 2.84. The number of carbonyl (C=O) groups is 1. The number of carbonyl (C=O) groups excluding carboxylic acids is 1. The summed E-state index contributed by atoms with van der Waals surface area (Å²) in [5.41, 5.74) is 0.484. The molecule has 1 rings (SSSR count). The van der Waals surface area contributed by atoms with Crippen molar-refractivity contribution in [2.45, 2.75) is 27.3 Å². The molecule has 0 radical (unpaired) electrons. The Kier molecular flexibility index (Phi) is 4.22. The summed E-state index contributed by atoms with van der Waals surface area (Å²) >= 11 is 0. The summed E-state index contributed by atoms with van der Waals surface area (Å²) in [4.78, 5) is 24.9. The highest BCUT2D eigenvalue weighted by Crippen LogP contribution is 1.92. The van der Waals surface area contributed by atoms with Crippen LogP contribution in [0.2, 0.25) is 0 Å². The van der Waals surface area contributed by atoms with Crippen molar-refractivity contribution >= 4 is 5.91 Å². The molecule has 1 amide bonds. The Labute approximate surface area is 94.7 Å². The second kappa shape index (κ2) is 5.44.